The van der Waals surface area contributed by atoms with Crippen molar-refractivity contribution in [3.63, 3.8) is 0 Å². The van der Waals surface area contributed by atoms with Crippen molar-refractivity contribution in [2.45, 2.75) is 62.3 Å². The van der Waals surface area contributed by atoms with E-state index < -0.39 is 15.6 Å². The van der Waals surface area contributed by atoms with E-state index in [2.05, 4.69) is 5.32 Å². The summed E-state index contributed by atoms with van der Waals surface area (Å²) in [6, 6.07) is 5.04. The van der Waals surface area contributed by atoms with E-state index in [4.69, 9.17) is 5.73 Å². The van der Waals surface area contributed by atoms with Crippen molar-refractivity contribution in [3.8, 4) is 0 Å². The van der Waals surface area contributed by atoms with E-state index in [0.29, 0.717) is 37.2 Å². The third-order valence-corrected chi connectivity index (χ3v) is 7.37. The van der Waals surface area contributed by atoms with Gasteiger partial charge in [0.25, 0.3) is 0 Å². The van der Waals surface area contributed by atoms with E-state index in [0.717, 1.165) is 32.1 Å². The fraction of sp³-hybridized carbons (Fsp3) is 0.611. The third-order valence-electron chi connectivity index (χ3n) is 5.33. The van der Waals surface area contributed by atoms with Crippen LogP contribution in [0.25, 0.3) is 0 Å². The molecule has 1 aromatic rings. The van der Waals surface area contributed by atoms with Gasteiger partial charge in [0.2, 0.25) is 15.9 Å². The minimum absolute atomic E-state index is 0.227. The largest absolute Gasteiger partial charge is 0.324 e. The van der Waals surface area contributed by atoms with E-state index in [1.807, 2.05) is 0 Å². The highest BCUT2D eigenvalue weighted by Crippen LogP contribution is 2.30. The number of benzene rings is 1. The van der Waals surface area contributed by atoms with Crippen molar-refractivity contribution in [2.24, 2.45) is 5.73 Å². The average Bonchev–Trinajstić information content (AvgIpc) is 3.05. The van der Waals surface area contributed by atoms with E-state index >= 15 is 0 Å². The van der Waals surface area contributed by atoms with Gasteiger partial charge in [-0.1, -0.05) is 25.3 Å². The monoisotopic (exact) mass is 365 g/mol. The highest BCUT2D eigenvalue weighted by Gasteiger charge is 2.37. The molecular formula is C18H27N3O3S. The second-order valence-electron chi connectivity index (χ2n) is 7.26. The van der Waals surface area contributed by atoms with Crippen molar-refractivity contribution >= 4 is 21.6 Å². The van der Waals surface area contributed by atoms with E-state index in [-0.39, 0.29) is 10.8 Å². The number of nitrogens with two attached hydrogens (primary N) is 1. The number of anilines is 1. The Labute approximate surface area is 149 Å². The first-order chi connectivity index (χ1) is 11.8. The van der Waals surface area contributed by atoms with Gasteiger partial charge in [-0.3, -0.25) is 4.79 Å². The number of hydrogen-bond acceptors (Lipinski definition) is 4. The molecule has 0 unspecified atom stereocenters. The summed E-state index contributed by atoms with van der Waals surface area (Å²) in [5, 5.41) is 2.82. The van der Waals surface area contributed by atoms with Crippen LogP contribution in [-0.4, -0.2) is 37.3 Å². The number of sulfonamides is 1. The van der Waals surface area contributed by atoms with Crippen LogP contribution in [0.15, 0.2) is 23.1 Å². The number of amides is 1. The Morgan fingerprint density at radius 2 is 1.76 bits per heavy atom. The zero-order chi connectivity index (χ0) is 18.1. The van der Waals surface area contributed by atoms with Gasteiger partial charge in [0, 0.05) is 18.8 Å². The molecule has 0 bridgehead atoms. The van der Waals surface area contributed by atoms with E-state index in [1.54, 1.807) is 29.4 Å². The molecule has 3 N–H and O–H groups in total. The molecule has 3 rings (SSSR count). The maximum absolute atomic E-state index is 13.0. The van der Waals surface area contributed by atoms with Gasteiger partial charge >= 0.3 is 0 Å². The normalized spacial score (nSPS) is 21.2. The first-order valence-corrected chi connectivity index (χ1v) is 10.5. The maximum atomic E-state index is 13.0. The summed E-state index contributed by atoms with van der Waals surface area (Å²) in [6.07, 6.45) is 6.10. The summed E-state index contributed by atoms with van der Waals surface area (Å²) in [4.78, 5) is 12.8. The minimum atomic E-state index is -3.53. The highest BCUT2D eigenvalue weighted by molar-refractivity contribution is 7.89. The van der Waals surface area contributed by atoms with Crippen molar-refractivity contribution in [1.29, 1.82) is 0 Å². The molecule has 2 fully saturated rings. The van der Waals surface area contributed by atoms with Gasteiger partial charge in [0.15, 0.2) is 0 Å². The quantitative estimate of drug-likeness (QED) is 0.857. The molecule has 1 saturated heterocycles. The number of carbonyl (C=O) groups excluding carboxylic acids is 1. The van der Waals surface area contributed by atoms with Crippen LogP contribution in [0.1, 0.15) is 50.5 Å². The number of nitrogens with zero attached hydrogens (tertiary/aromatic N) is 1. The zero-order valence-corrected chi connectivity index (χ0v) is 15.6. The molecule has 1 aromatic carbocycles. The van der Waals surface area contributed by atoms with Crippen LogP contribution < -0.4 is 11.1 Å². The lowest BCUT2D eigenvalue weighted by atomic mass is 9.98. The lowest BCUT2D eigenvalue weighted by Gasteiger charge is -2.27. The Hall–Kier alpha value is -1.44. The summed E-state index contributed by atoms with van der Waals surface area (Å²) in [5.74, 6) is -0.227. The molecule has 1 amide bonds. The van der Waals surface area contributed by atoms with Crippen LogP contribution in [0.3, 0.4) is 0 Å². The molecule has 25 heavy (non-hydrogen) atoms. The number of piperidine rings is 1. The van der Waals surface area contributed by atoms with Crippen molar-refractivity contribution < 1.29 is 13.2 Å². The standard InChI is InChI=1S/C18H27N3O3S/c1-14-7-8-15(20-17(22)18(19)9-3-4-10-18)13-16(14)25(23,24)21-11-5-2-6-12-21/h7-8,13H,2-6,9-12,19H2,1H3,(H,20,22). The minimum Gasteiger partial charge on any atom is -0.324 e. The molecule has 1 aliphatic heterocycles. The topological polar surface area (TPSA) is 92.5 Å². The molecule has 1 aliphatic carbocycles. The number of hydrogen-bond donors (Lipinski definition) is 2. The number of nitrogens with one attached hydrogen (secondary N) is 1. The number of aryl methyl sites for hydroxylation is 1. The summed E-state index contributed by atoms with van der Waals surface area (Å²) in [6.45, 7) is 2.90. The van der Waals surface area contributed by atoms with Gasteiger partial charge in [-0.15, -0.1) is 0 Å². The van der Waals surface area contributed by atoms with Crippen molar-refractivity contribution in [2.75, 3.05) is 18.4 Å². The fourth-order valence-corrected chi connectivity index (χ4v) is 5.46. The molecular weight excluding hydrogens is 338 g/mol. The van der Waals surface area contributed by atoms with Crippen LogP contribution in [0.5, 0.6) is 0 Å². The van der Waals surface area contributed by atoms with Gasteiger partial charge in [0.1, 0.15) is 0 Å². The van der Waals surface area contributed by atoms with Gasteiger partial charge in [0.05, 0.1) is 10.4 Å². The van der Waals surface area contributed by atoms with Gasteiger partial charge in [-0.05, 0) is 50.3 Å². The maximum Gasteiger partial charge on any atom is 0.244 e. The molecule has 0 radical (unpaired) electrons. The smallest absolute Gasteiger partial charge is 0.244 e. The van der Waals surface area contributed by atoms with Crippen LogP contribution >= 0.6 is 0 Å². The summed E-state index contributed by atoms with van der Waals surface area (Å²) in [7, 11) is -3.53. The van der Waals surface area contributed by atoms with E-state index in [9.17, 15) is 13.2 Å². The average molecular weight is 365 g/mol. The first kappa shape index (κ1) is 18.4. The Bertz CT molecular complexity index is 749. The summed E-state index contributed by atoms with van der Waals surface area (Å²) >= 11 is 0. The first-order valence-electron chi connectivity index (χ1n) is 9.04. The molecule has 138 valence electrons. The highest BCUT2D eigenvalue weighted by atomic mass is 32.2. The van der Waals surface area contributed by atoms with Crippen LogP contribution in [-0.2, 0) is 14.8 Å². The third kappa shape index (κ3) is 3.73. The van der Waals surface area contributed by atoms with E-state index in [1.165, 1.54) is 0 Å². The number of rotatable bonds is 4. The second kappa shape index (κ2) is 7.05. The van der Waals surface area contributed by atoms with Gasteiger partial charge < -0.3 is 11.1 Å². The number of carbonyl (C=O) groups is 1. The Kier molecular flexibility index (Phi) is 5.18. The Balaban J connectivity index is 1.84. The molecule has 6 nitrogen and oxygen atoms in total. The second-order valence-corrected chi connectivity index (χ2v) is 9.17. The van der Waals surface area contributed by atoms with Crippen LogP contribution in [0, 0.1) is 6.92 Å². The predicted molar refractivity (Wildman–Crippen MR) is 97.8 cm³/mol. The fourth-order valence-electron chi connectivity index (χ4n) is 3.69. The molecule has 0 atom stereocenters. The molecule has 7 heteroatoms. The SMILES string of the molecule is Cc1ccc(NC(=O)C2(N)CCCC2)cc1S(=O)(=O)N1CCCCC1. The zero-order valence-electron chi connectivity index (χ0n) is 14.8. The molecule has 0 spiro atoms. The summed E-state index contributed by atoms with van der Waals surface area (Å²) < 4.78 is 27.5. The molecule has 1 saturated carbocycles. The van der Waals surface area contributed by atoms with Crippen LogP contribution in [0.2, 0.25) is 0 Å². The Morgan fingerprint density at radius 3 is 2.40 bits per heavy atom. The van der Waals surface area contributed by atoms with Gasteiger partial charge in [-0.2, -0.15) is 4.31 Å². The van der Waals surface area contributed by atoms with Crippen LogP contribution in [0.4, 0.5) is 5.69 Å². The lowest BCUT2D eigenvalue weighted by Crippen LogP contribution is -2.48. The lowest BCUT2D eigenvalue weighted by molar-refractivity contribution is -0.121. The van der Waals surface area contributed by atoms with Gasteiger partial charge in [-0.25, -0.2) is 8.42 Å². The molecule has 2 aliphatic rings. The van der Waals surface area contributed by atoms with Crippen molar-refractivity contribution in [3.05, 3.63) is 23.8 Å². The molecule has 0 aromatic heterocycles. The van der Waals surface area contributed by atoms with Crippen molar-refractivity contribution in [1.82, 2.24) is 4.31 Å². The Morgan fingerprint density at radius 1 is 1.12 bits per heavy atom. The molecule has 1 heterocycles. The predicted octanol–water partition coefficient (Wildman–Crippen LogP) is 2.38. The summed E-state index contributed by atoms with van der Waals surface area (Å²) in [5.41, 5.74) is 6.52.